The molecule has 2 unspecified atom stereocenters. The Hall–Kier alpha value is -2.42. The van der Waals surface area contributed by atoms with Gasteiger partial charge in [-0.25, -0.2) is 4.39 Å². The molecule has 1 saturated heterocycles. The van der Waals surface area contributed by atoms with Gasteiger partial charge in [0.1, 0.15) is 5.82 Å². The Kier molecular flexibility index (Phi) is 4.88. The minimum Gasteiger partial charge on any atom is -0.388 e. The molecule has 156 valence electrons. The molecule has 0 bridgehead atoms. The van der Waals surface area contributed by atoms with Gasteiger partial charge in [0.15, 0.2) is 5.69 Å². The summed E-state index contributed by atoms with van der Waals surface area (Å²) in [5.74, 6) is -1.21. The van der Waals surface area contributed by atoms with E-state index in [1.54, 1.807) is 12.1 Å². The molecular formula is C20H21F4N3O2. The number of nitrogens with zero attached hydrogens (tertiary/aromatic N) is 2. The molecule has 2 aromatic rings. The average Bonchev–Trinajstić information content (AvgIpc) is 3.24. The third-order valence-corrected chi connectivity index (χ3v) is 5.83. The molecule has 1 aromatic heterocycles. The quantitative estimate of drug-likeness (QED) is 0.764. The number of aromatic nitrogens is 2. The second-order valence-electron chi connectivity index (χ2n) is 8.01. The summed E-state index contributed by atoms with van der Waals surface area (Å²) < 4.78 is 52.8. The van der Waals surface area contributed by atoms with E-state index in [1.807, 2.05) is 0 Å². The van der Waals surface area contributed by atoms with E-state index in [0.717, 1.165) is 0 Å². The highest BCUT2D eigenvalue weighted by Crippen LogP contribution is 2.37. The number of hydrogen-bond acceptors (Lipinski definition) is 3. The Labute approximate surface area is 164 Å². The molecule has 1 aromatic carbocycles. The lowest BCUT2D eigenvalue weighted by Crippen LogP contribution is -2.41. The molecule has 2 N–H and O–H groups in total. The van der Waals surface area contributed by atoms with Gasteiger partial charge in [0, 0.05) is 36.7 Å². The molecule has 0 spiro atoms. The first-order valence-corrected chi connectivity index (χ1v) is 9.53. The van der Waals surface area contributed by atoms with Crippen molar-refractivity contribution in [3.05, 3.63) is 52.6 Å². The van der Waals surface area contributed by atoms with E-state index in [9.17, 15) is 27.5 Å². The van der Waals surface area contributed by atoms with Gasteiger partial charge in [-0.15, -0.1) is 0 Å². The van der Waals surface area contributed by atoms with Gasteiger partial charge in [-0.05, 0) is 43.4 Å². The fourth-order valence-electron chi connectivity index (χ4n) is 4.41. The normalized spacial score (nSPS) is 24.6. The molecule has 5 nitrogen and oxygen atoms in total. The number of fused-ring (bicyclic) bond motifs is 1. The van der Waals surface area contributed by atoms with E-state index in [-0.39, 0.29) is 30.9 Å². The molecule has 0 radical (unpaired) electrons. The molecule has 2 aliphatic rings. The van der Waals surface area contributed by atoms with Crippen molar-refractivity contribution in [3.8, 4) is 0 Å². The topological polar surface area (TPSA) is 69.2 Å². The zero-order valence-corrected chi connectivity index (χ0v) is 15.6. The van der Waals surface area contributed by atoms with Crippen molar-refractivity contribution in [2.24, 2.45) is 5.92 Å². The molecular weight excluding hydrogens is 390 g/mol. The number of aryl methyl sites for hydroxylation is 1. The lowest BCUT2D eigenvalue weighted by Gasteiger charge is -2.28. The number of alkyl halides is 3. The predicted molar refractivity (Wildman–Crippen MR) is 95.4 cm³/mol. The van der Waals surface area contributed by atoms with Crippen LogP contribution in [-0.4, -0.2) is 44.8 Å². The number of benzene rings is 1. The first kappa shape index (κ1) is 19.9. The number of aromatic amines is 1. The Morgan fingerprint density at radius 2 is 2.17 bits per heavy atom. The zero-order valence-electron chi connectivity index (χ0n) is 15.6. The van der Waals surface area contributed by atoms with E-state index < -0.39 is 29.2 Å². The van der Waals surface area contributed by atoms with E-state index in [1.165, 1.54) is 17.0 Å². The minimum atomic E-state index is -4.56. The maximum atomic E-state index is 13.4. The number of H-pyrrole nitrogens is 1. The summed E-state index contributed by atoms with van der Waals surface area (Å²) in [5, 5.41) is 16.7. The molecule has 29 heavy (non-hydrogen) atoms. The van der Waals surface area contributed by atoms with Crippen LogP contribution in [0.2, 0.25) is 0 Å². The number of carbonyl (C=O) groups excluding carboxylic acids is 1. The van der Waals surface area contributed by atoms with Crippen molar-refractivity contribution in [2.45, 2.75) is 43.9 Å². The standard InChI is InChI=1S/C20H21F4N3O2/c21-14-3-1-2-12(8-14)10-19(29)6-7-27(11-19)18(28)13-4-5-16-15(9-13)17(26-25-16)20(22,23)24/h1-3,8,13,29H,4-7,9-11H2,(H,25,26). The summed E-state index contributed by atoms with van der Waals surface area (Å²) >= 11 is 0. The van der Waals surface area contributed by atoms with Crippen LogP contribution < -0.4 is 0 Å². The first-order chi connectivity index (χ1) is 13.6. The van der Waals surface area contributed by atoms with Gasteiger partial charge in [0.2, 0.25) is 5.91 Å². The maximum Gasteiger partial charge on any atom is 0.435 e. The van der Waals surface area contributed by atoms with E-state index in [0.29, 0.717) is 37.1 Å². The second-order valence-corrected chi connectivity index (χ2v) is 8.01. The summed E-state index contributed by atoms with van der Waals surface area (Å²) in [4.78, 5) is 14.4. The van der Waals surface area contributed by atoms with Crippen LogP contribution in [0, 0.1) is 11.7 Å². The highest BCUT2D eigenvalue weighted by Gasteiger charge is 2.43. The van der Waals surface area contributed by atoms with Crippen LogP contribution in [0.1, 0.15) is 35.4 Å². The number of rotatable bonds is 3. The molecule has 1 amide bonds. The van der Waals surface area contributed by atoms with Crippen LogP contribution in [0.15, 0.2) is 24.3 Å². The van der Waals surface area contributed by atoms with Crippen LogP contribution in [0.25, 0.3) is 0 Å². The van der Waals surface area contributed by atoms with Crippen molar-refractivity contribution < 1.29 is 27.5 Å². The lowest BCUT2D eigenvalue weighted by molar-refractivity contribution is -0.143. The number of likely N-dealkylation sites (tertiary alicyclic amines) is 1. The van der Waals surface area contributed by atoms with Crippen molar-refractivity contribution in [2.75, 3.05) is 13.1 Å². The number of carbonyl (C=O) groups is 1. The molecule has 0 saturated carbocycles. The fraction of sp³-hybridized carbons (Fsp3) is 0.500. The smallest absolute Gasteiger partial charge is 0.388 e. The molecule has 2 atom stereocenters. The second kappa shape index (κ2) is 7.12. The first-order valence-electron chi connectivity index (χ1n) is 9.53. The number of amides is 1. The maximum absolute atomic E-state index is 13.4. The number of hydrogen-bond donors (Lipinski definition) is 2. The van der Waals surface area contributed by atoms with Crippen LogP contribution in [-0.2, 0) is 30.2 Å². The number of halogens is 4. The van der Waals surface area contributed by atoms with Gasteiger partial charge in [0.25, 0.3) is 0 Å². The Bertz CT molecular complexity index is 927. The van der Waals surface area contributed by atoms with Gasteiger partial charge >= 0.3 is 6.18 Å². The molecule has 9 heteroatoms. The van der Waals surface area contributed by atoms with Crippen molar-refractivity contribution in [1.82, 2.24) is 15.1 Å². The van der Waals surface area contributed by atoms with E-state index in [2.05, 4.69) is 10.2 Å². The highest BCUT2D eigenvalue weighted by molar-refractivity contribution is 5.80. The van der Waals surface area contributed by atoms with Gasteiger partial charge < -0.3 is 10.0 Å². The lowest BCUT2D eigenvalue weighted by atomic mass is 9.85. The largest absolute Gasteiger partial charge is 0.435 e. The van der Waals surface area contributed by atoms with Crippen LogP contribution >= 0.6 is 0 Å². The van der Waals surface area contributed by atoms with Crippen LogP contribution in [0.4, 0.5) is 17.6 Å². The molecule has 1 aliphatic carbocycles. The average molecular weight is 411 g/mol. The summed E-state index contributed by atoms with van der Waals surface area (Å²) in [6.07, 6.45) is -3.26. The monoisotopic (exact) mass is 411 g/mol. The summed E-state index contributed by atoms with van der Waals surface area (Å²) in [7, 11) is 0. The number of nitrogens with one attached hydrogen (secondary N) is 1. The van der Waals surface area contributed by atoms with Crippen LogP contribution in [0.3, 0.4) is 0 Å². The van der Waals surface area contributed by atoms with Gasteiger partial charge in [-0.2, -0.15) is 18.3 Å². The molecule has 4 rings (SSSR count). The Balaban J connectivity index is 1.44. The highest BCUT2D eigenvalue weighted by atomic mass is 19.4. The summed E-state index contributed by atoms with van der Waals surface area (Å²) in [6.45, 7) is 0.411. The third-order valence-electron chi connectivity index (χ3n) is 5.83. The van der Waals surface area contributed by atoms with Gasteiger partial charge in [0.05, 0.1) is 5.60 Å². The predicted octanol–water partition coefficient (Wildman–Crippen LogP) is 2.88. The van der Waals surface area contributed by atoms with Crippen LogP contribution in [0.5, 0.6) is 0 Å². The van der Waals surface area contributed by atoms with Gasteiger partial charge in [-0.1, -0.05) is 12.1 Å². The van der Waals surface area contributed by atoms with E-state index in [4.69, 9.17) is 0 Å². The fourth-order valence-corrected chi connectivity index (χ4v) is 4.41. The minimum absolute atomic E-state index is 0.0155. The van der Waals surface area contributed by atoms with Crippen molar-refractivity contribution in [3.63, 3.8) is 0 Å². The SMILES string of the molecule is O=C(C1CCc2[nH]nc(C(F)(F)F)c2C1)N1CCC(O)(Cc2cccc(F)c2)C1. The van der Waals surface area contributed by atoms with Gasteiger partial charge in [-0.3, -0.25) is 9.89 Å². The van der Waals surface area contributed by atoms with E-state index >= 15 is 0 Å². The molecule has 1 aliphatic heterocycles. The van der Waals surface area contributed by atoms with Crippen molar-refractivity contribution >= 4 is 5.91 Å². The summed E-state index contributed by atoms with van der Waals surface area (Å²) in [5.41, 5.74) is -0.983. The zero-order chi connectivity index (χ0) is 20.8. The summed E-state index contributed by atoms with van der Waals surface area (Å²) in [6, 6.07) is 5.95. The number of β-amino-alcohol motifs (C(OH)–C–C–N with tert-alkyl or cyclic N) is 1. The van der Waals surface area contributed by atoms with Crippen molar-refractivity contribution in [1.29, 1.82) is 0 Å². The molecule has 2 heterocycles. The Morgan fingerprint density at radius 3 is 2.90 bits per heavy atom. The molecule has 1 fully saturated rings. The Morgan fingerprint density at radius 1 is 1.38 bits per heavy atom. The third kappa shape index (κ3) is 4.01. The number of aliphatic hydroxyl groups is 1.